The lowest BCUT2D eigenvalue weighted by atomic mass is 10.1. The smallest absolute Gasteiger partial charge is 0.387 e. The molecule has 2 rings (SSSR count). The number of hydrogen-bond acceptors (Lipinski definition) is 11. The lowest BCUT2D eigenvalue weighted by Crippen LogP contribution is -2.46. The molecule has 0 saturated carbocycles. The molecule has 19 heteroatoms. The largest absolute Gasteiger partial charge is 0.490 e. The predicted octanol–water partition coefficient (Wildman–Crippen LogP) is -1.81. The topological polar surface area (TPSA) is 242 Å². The summed E-state index contributed by atoms with van der Waals surface area (Å²) in [7, 11) is -16.7. The Kier molecular flexibility index (Phi) is 7.25. The summed E-state index contributed by atoms with van der Waals surface area (Å²) >= 11 is 0. The van der Waals surface area contributed by atoms with Gasteiger partial charge in [0.1, 0.15) is 24.1 Å². The Morgan fingerprint density at radius 1 is 1.10 bits per heavy atom. The van der Waals surface area contributed by atoms with Gasteiger partial charge >= 0.3 is 23.5 Å². The summed E-state index contributed by atoms with van der Waals surface area (Å²) in [5.74, 6) is -0.495. The van der Waals surface area contributed by atoms with E-state index in [2.05, 4.69) is 25.0 Å². The number of hydrogen-bond donors (Lipinski definition) is 7. The van der Waals surface area contributed by atoms with Gasteiger partial charge in [-0.25, -0.2) is 13.7 Å². The first-order chi connectivity index (χ1) is 13.1. The van der Waals surface area contributed by atoms with Gasteiger partial charge in [0.2, 0.25) is 0 Å². The maximum absolute atomic E-state index is 11.7. The van der Waals surface area contributed by atoms with Crippen molar-refractivity contribution in [2.45, 2.75) is 24.5 Å². The molecule has 0 aromatic heterocycles. The maximum Gasteiger partial charge on any atom is 0.490 e. The number of ether oxygens (including phenoxy) is 1. The number of amides is 1. The molecule has 0 bridgehead atoms. The molecule has 0 aliphatic carbocycles. The highest BCUT2D eigenvalue weighted by atomic mass is 31.3. The number of phosphoric acid groups is 3. The lowest BCUT2D eigenvalue weighted by Gasteiger charge is -2.32. The molecular weight excluding hydrogens is 465 g/mol. The molecule has 7 N–H and O–H groups in total. The molecular formula is C10H17N2O14P3. The van der Waals surface area contributed by atoms with Gasteiger partial charge in [-0.05, 0) is 0 Å². The average molecular weight is 482 g/mol. The van der Waals surface area contributed by atoms with Gasteiger partial charge in [0.05, 0.1) is 6.61 Å². The second-order valence-electron chi connectivity index (χ2n) is 5.59. The molecule has 1 amide bonds. The van der Waals surface area contributed by atoms with E-state index in [4.69, 9.17) is 19.4 Å². The van der Waals surface area contributed by atoms with Crippen LogP contribution in [0.2, 0.25) is 0 Å². The highest BCUT2D eigenvalue weighted by Crippen LogP contribution is 2.66. The van der Waals surface area contributed by atoms with Gasteiger partial charge in [0.15, 0.2) is 6.23 Å². The number of carbonyl (C=O) groups is 1. The van der Waals surface area contributed by atoms with Gasteiger partial charge in [-0.15, -0.1) is 0 Å². The maximum atomic E-state index is 11.7. The first-order valence-electron chi connectivity index (χ1n) is 7.37. The van der Waals surface area contributed by atoms with Crippen molar-refractivity contribution < 1.29 is 66.2 Å². The Balaban J connectivity index is 2.00. The summed E-state index contributed by atoms with van der Waals surface area (Å²) in [5, 5.41) is 22.4. The summed E-state index contributed by atoms with van der Waals surface area (Å²) < 4.78 is 50.2. The molecule has 166 valence electrons. The molecule has 0 radical (unpaired) electrons. The molecule has 1 saturated heterocycles. The minimum Gasteiger partial charge on any atom is -0.387 e. The van der Waals surface area contributed by atoms with E-state index in [0.717, 1.165) is 11.0 Å². The average Bonchev–Trinajstić information content (AvgIpc) is 2.78. The summed E-state index contributed by atoms with van der Waals surface area (Å²) in [5.41, 5.74) is 0. The Labute approximate surface area is 162 Å². The highest BCUT2D eigenvalue weighted by molar-refractivity contribution is 7.66. The zero-order valence-electron chi connectivity index (χ0n) is 14.1. The van der Waals surface area contributed by atoms with Crippen molar-refractivity contribution >= 4 is 29.4 Å². The molecule has 0 aromatic carbocycles. The van der Waals surface area contributed by atoms with E-state index in [-0.39, 0.29) is 5.82 Å². The minimum atomic E-state index is -5.70. The van der Waals surface area contributed by atoms with E-state index in [1.54, 1.807) is 0 Å². The normalized spacial score (nSPS) is 32.0. The number of nitrogens with zero attached hydrogens (tertiary/aromatic N) is 1. The van der Waals surface area contributed by atoms with E-state index in [9.17, 15) is 33.6 Å². The van der Waals surface area contributed by atoms with E-state index >= 15 is 0 Å². The zero-order chi connectivity index (χ0) is 22.2. The second kappa shape index (κ2) is 8.65. The van der Waals surface area contributed by atoms with Crippen molar-refractivity contribution in [2.24, 2.45) is 0 Å². The molecule has 2 heterocycles. The van der Waals surface area contributed by atoms with Crippen LogP contribution in [0.5, 0.6) is 0 Å². The fourth-order valence-corrected chi connectivity index (χ4v) is 5.32. The third kappa shape index (κ3) is 6.77. The third-order valence-corrected chi connectivity index (χ3v) is 7.20. The van der Waals surface area contributed by atoms with Gasteiger partial charge < -0.3 is 44.7 Å². The summed E-state index contributed by atoms with van der Waals surface area (Å²) in [4.78, 5) is 47.7. The van der Waals surface area contributed by atoms with Crippen LogP contribution in [-0.2, 0) is 36.4 Å². The summed E-state index contributed by atoms with van der Waals surface area (Å²) in [6.45, 7) is 2.56. The molecule has 16 nitrogen and oxygen atoms in total. The molecule has 3 unspecified atom stereocenters. The summed E-state index contributed by atoms with van der Waals surface area (Å²) in [6.07, 6.45) is -3.74. The number of carbonyl (C=O) groups excluding carboxylic acids is 1. The van der Waals surface area contributed by atoms with Crippen LogP contribution >= 0.6 is 23.5 Å². The molecule has 29 heavy (non-hydrogen) atoms. The quantitative estimate of drug-likeness (QED) is 0.189. The van der Waals surface area contributed by atoms with Crippen LogP contribution in [0.4, 0.5) is 0 Å². The van der Waals surface area contributed by atoms with Gasteiger partial charge in [0.25, 0.3) is 5.91 Å². The van der Waals surface area contributed by atoms with Crippen molar-refractivity contribution in [1.82, 2.24) is 10.2 Å². The number of aliphatic hydroxyl groups excluding tert-OH is 2. The van der Waals surface area contributed by atoms with E-state index in [1.165, 1.54) is 6.20 Å². The molecule has 0 spiro atoms. The first-order valence-corrected chi connectivity index (χ1v) is 11.9. The van der Waals surface area contributed by atoms with E-state index in [1.807, 2.05) is 0 Å². The van der Waals surface area contributed by atoms with E-state index in [0.29, 0.717) is 0 Å². The lowest BCUT2D eigenvalue weighted by molar-refractivity contribution is -0.118. The molecule has 1 fully saturated rings. The van der Waals surface area contributed by atoms with Crippen LogP contribution < -0.4 is 5.32 Å². The van der Waals surface area contributed by atoms with E-state index < -0.39 is 60.5 Å². The van der Waals surface area contributed by atoms with Crippen LogP contribution in [0.25, 0.3) is 0 Å². The number of aliphatic hydroxyl groups is 2. The van der Waals surface area contributed by atoms with Crippen molar-refractivity contribution in [3.8, 4) is 0 Å². The number of phosphoric ester groups is 1. The molecule has 6 atom stereocenters. The van der Waals surface area contributed by atoms with Crippen LogP contribution in [0.1, 0.15) is 0 Å². The Morgan fingerprint density at radius 3 is 2.28 bits per heavy atom. The van der Waals surface area contributed by atoms with Crippen molar-refractivity contribution in [2.75, 3.05) is 6.61 Å². The standard InChI is InChI=1S/C10H17N2O14P3/c1-5-11-7(13)2-3-12(5)10-9(15)8(14)6(24-10)4-23-28(19,20)26-29(21,22)25-27(16,17)18/h2-3,6,8-10,14-15H,1,4H2,(H,11,13)(H,19,20)(H,21,22)(H2,16,17,18)/t6-,8?,9+,10-/m1/s1. The van der Waals surface area contributed by atoms with Crippen molar-refractivity contribution in [3.63, 3.8) is 0 Å². The van der Waals surface area contributed by atoms with Crippen LogP contribution in [0, 0.1) is 0 Å². The van der Waals surface area contributed by atoms with Gasteiger partial charge in [-0.1, -0.05) is 6.58 Å². The fourth-order valence-electron chi connectivity index (χ4n) is 2.29. The minimum absolute atomic E-state index is 0.00212. The van der Waals surface area contributed by atoms with Gasteiger partial charge in [-0.2, -0.15) is 8.62 Å². The molecule has 2 aliphatic rings. The monoisotopic (exact) mass is 482 g/mol. The van der Waals surface area contributed by atoms with Crippen molar-refractivity contribution in [3.05, 3.63) is 24.7 Å². The van der Waals surface area contributed by atoms with Crippen molar-refractivity contribution in [1.29, 1.82) is 0 Å². The number of nitrogens with one attached hydrogen (secondary N) is 1. The first kappa shape index (κ1) is 24.3. The fraction of sp³-hybridized carbons (Fsp3) is 0.500. The Bertz CT molecular complexity index is 839. The van der Waals surface area contributed by atoms with Gasteiger partial charge in [-0.3, -0.25) is 9.32 Å². The SMILES string of the molecule is C=C1NC(=O)C=CN1[C@@H]1O[C@H](COP(=O)(O)OP(=O)(O)OP(=O)(O)O)C(O)[C@@H]1O. The van der Waals surface area contributed by atoms with Crippen LogP contribution in [-0.4, -0.2) is 71.7 Å². The molecule has 0 aromatic rings. The van der Waals surface area contributed by atoms with Crippen LogP contribution in [0.3, 0.4) is 0 Å². The third-order valence-electron chi connectivity index (χ3n) is 3.39. The Hall–Kier alpha value is -0.960. The zero-order valence-corrected chi connectivity index (χ0v) is 16.8. The van der Waals surface area contributed by atoms with Gasteiger partial charge in [0, 0.05) is 12.3 Å². The number of rotatable bonds is 8. The predicted molar refractivity (Wildman–Crippen MR) is 88.8 cm³/mol. The van der Waals surface area contributed by atoms with Crippen LogP contribution in [0.15, 0.2) is 24.7 Å². The second-order valence-corrected chi connectivity index (χ2v) is 10.0. The highest BCUT2D eigenvalue weighted by Gasteiger charge is 2.48. The Morgan fingerprint density at radius 2 is 1.72 bits per heavy atom. The summed E-state index contributed by atoms with van der Waals surface area (Å²) in [6, 6.07) is 0. The molecule has 2 aliphatic heterocycles.